The molecule has 3 rings (SSSR count). The molecule has 2 aliphatic rings. The third-order valence-electron chi connectivity index (χ3n) is 4.15. The van der Waals surface area contributed by atoms with E-state index in [2.05, 4.69) is 5.32 Å². The van der Waals surface area contributed by atoms with Gasteiger partial charge >= 0.3 is 6.09 Å². The highest BCUT2D eigenvalue weighted by Gasteiger charge is 2.27. The van der Waals surface area contributed by atoms with Crippen LogP contribution >= 0.6 is 11.3 Å². The van der Waals surface area contributed by atoms with E-state index in [1.807, 2.05) is 18.3 Å². The summed E-state index contributed by atoms with van der Waals surface area (Å²) in [5, 5.41) is 4.72. The number of hydrogen-bond donors (Lipinski definition) is 1. The maximum Gasteiger partial charge on any atom is 0.409 e. The summed E-state index contributed by atoms with van der Waals surface area (Å²) in [5.41, 5.74) is 1.32. The standard InChI is InChI=1S/C15H23N3O2S/c1-2-20-15(19)18-8-7-11(10-18)16-9-14-17-12-5-3-4-6-13(12)21-14/h11,16H,2-10H2,1H3. The van der Waals surface area contributed by atoms with Crippen molar-refractivity contribution in [2.24, 2.45) is 0 Å². The molecule has 5 nitrogen and oxygen atoms in total. The summed E-state index contributed by atoms with van der Waals surface area (Å²) in [4.78, 5) is 19.7. The van der Waals surface area contributed by atoms with Crippen LogP contribution in [-0.4, -0.2) is 41.7 Å². The van der Waals surface area contributed by atoms with E-state index in [9.17, 15) is 4.79 Å². The molecule has 1 aliphatic heterocycles. The van der Waals surface area contributed by atoms with Crippen molar-refractivity contribution in [1.82, 2.24) is 15.2 Å². The zero-order chi connectivity index (χ0) is 14.7. The van der Waals surface area contributed by atoms with Crippen molar-refractivity contribution in [3.8, 4) is 0 Å². The summed E-state index contributed by atoms with van der Waals surface area (Å²) < 4.78 is 5.04. The third kappa shape index (κ3) is 3.55. The zero-order valence-electron chi connectivity index (χ0n) is 12.6. The van der Waals surface area contributed by atoms with Crippen molar-refractivity contribution in [3.05, 3.63) is 15.6 Å². The van der Waals surface area contributed by atoms with Crippen LogP contribution in [0.1, 0.15) is 41.8 Å². The Kier molecular flexibility index (Phi) is 4.75. The van der Waals surface area contributed by atoms with Crippen molar-refractivity contribution >= 4 is 17.4 Å². The van der Waals surface area contributed by atoms with Crippen molar-refractivity contribution in [2.45, 2.75) is 51.6 Å². The molecule has 6 heteroatoms. The molecule has 1 unspecified atom stereocenters. The quantitative estimate of drug-likeness (QED) is 0.927. The van der Waals surface area contributed by atoms with Crippen LogP contribution in [0, 0.1) is 0 Å². The third-order valence-corrected chi connectivity index (χ3v) is 5.30. The molecule has 1 aromatic heterocycles. The molecule has 0 radical (unpaired) electrons. The van der Waals surface area contributed by atoms with E-state index in [0.29, 0.717) is 12.6 Å². The van der Waals surface area contributed by atoms with Gasteiger partial charge in [-0.3, -0.25) is 0 Å². The van der Waals surface area contributed by atoms with E-state index in [4.69, 9.17) is 9.72 Å². The lowest BCUT2D eigenvalue weighted by molar-refractivity contribution is 0.115. The molecule has 0 spiro atoms. The van der Waals surface area contributed by atoms with Gasteiger partial charge in [0.2, 0.25) is 0 Å². The fourth-order valence-corrected chi connectivity index (χ4v) is 4.13. The van der Waals surface area contributed by atoms with Crippen LogP contribution in [0.25, 0.3) is 0 Å². The highest BCUT2D eigenvalue weighted by atomic mass is 32.1. The Morgan fingerprint density at radius 1 is 1.48 bits per heavy atom. The number of carbonyl (C=O) groups excluding carboxylic acids is 1. The van der Waals surface area contributed by atoms with Crippen LogP contribution < -0.4 is 5.32 Å². The van der Waals surface area contributed by atoms with Crippen molar-refractivity contribution < 1.29 is 9.53 Å². The van der Waals surface area contributed by atoms with E-state index >= 15 is 0 Å². The molecule has 21 heavy (non-hydrogen) atoms. The Bertz CT molecular complexity index is 480. The summed E-state index contributed by atoms with van der Waals surface area (Å²) in [6, 6.07) is 0.357. The van der Waals surface area contributed by atoms with Crippen molar-refractivity contribution in [2.75, 3.05) is 19.7 Å². The second-order valence-electron chi connectivity index (χ2n) is 5.70. The molecule has 0 saturated carbocycles. The fourth-order valence-electron chi connectivity index (χ4n) is 3.02. The monoisotopic (exact) mass is 309 g/mol. The molecule has 1 saturated heterocycles. The fraction of sp³-hybridized carbons (Fsp3) is 0.733. The molecule has 2 heterocycles. The van der Waals surface area contributed by atoms with Crippen LogP contribution in [0.15, 0.2) is 0 Å². The Morgan fingerprint density at radius 3 is 3.14 bits per heavy atom. The molecular weight excluding hydrogens is 286 g/mol. The minimum Gasteiger partial charge on any atom is -0.450 e. The maximum atomic E-state index is 11.7. The predicted octanol–water partition coefficient (Wildman–Crippen LogP) is 2.34. The van der Waals surface area contributed by atoms with Crippen LogP contribution in [0.4, 0.5) is 4.79 Å². The lowest BCUT2D eigenvalue weighted by atomic mass is 10.0. The maximum absolute atomic E-state index is 11.7. The Balaban J connectivity index is 1.47. The number of fused-ring (bicyclic) bond motifs is 1. The average molecular weight is 309 g/mol. The summed E-state index contributed by atoms with van der Waals surface area (Å²) in [7, 11) is 0. The Morgan fingerprint density at radius 2 is 2.33 bits per heavy atom. The predicted molar refractivity (Wildman–Crippen MR) is 82.6 cm³/mol. The molecule has 1 N–H and O–H groups in total. The van der Waals surface area contributed by atoms with Gasteiger partial charge in [0.1, 0.15) is 5.01 Å². The lowest BCUT2D eigenvalue weighted by Crippen LogP contribution is -2.35. The minimum atomic E-state index is -0.188. The van der Waals surface area contributed by atoms with Gasteiger partial charge in [0.05, 0.1) is 12.3 Å². The highest BCUT2D eigenvalue weighted by molar-refractivity contribution is 7.11. The highest BCUT2D eigenvalue weighted by Crippen LogP contribution is 2.26. The van der Waals surface area contributed by atoms with Gasteiger partial charge in [-0.1, -0.05) is 0 Å². The molecule has 0 bridgehead atoms. The average Bonchev–Trinajstić information content (AvgIpc) is 3.11. The SMILES string of the molecule is CCOC(=O)N1CCC(NCc2nc3c(s2)CCCC3)C1. The molecule has 0 aromatic carbocycles. The summed E-state index contributed by atoms with van der Waals surface area (Å²) in [5.74, 6) is 0. The molecule has 1 atom stereocenters. The Hall–Kier alpha value is -1.14. The van der Waals surface area contributed by atoms with Crippen LogP contribution in [0.5, 0.6) is 0 Å². The number of nitrogens with zero attached hydrogens (tertiary/aromatic N) is 2. The molecule has 1 aliphatic carbocycles. The number of rotatable bonds is 4. The van der Waals surface area contributed by atoms with Gasteiger partial charge < -0.3 is 15.0 Å². The smallest absolute Gasteiger partial charge is 0.409 e. The van der Waals surface area contributed by atoms with Crippen molar-refractivity contribution in [1.29, 1.82) is 0 Å². The first-order chi connectivity index (χ1) is 10.3. The summed E-state index contributed by atoms with van der Waals surface area (Å²) in [6.07, 6.45) is 5.73. The number of thiazole rings is 1. The number of likely N-dealkylation sites (tertiary alicyclic amines) is 1. The minimum absolute atomic E-state index is 0.188. The largest absolute Gasteiger partial charge is 0.450 e. The second-order valence-corrected chi connectivity index (χ2v) is 6.86. The molecule has 1 fully saturated rings. The number of aryl methyl sites for hydroxylation is 2. The first kappa shape index (κ1) is 14.8. The first-order valence-electron chi connectivity index (χ1n) is 7.88. The lowest BCUT2D eigenvalue weighted by Gasteiger charge is -2.16. The molecule has 116 valence electrons. The molecule has 1 amide bonds. The van der Waals surface area contributed by atoms with E-state index in [1.54, 1.807) is 4.90 Å². The normalized spacial score (nSPS) is 21.4. The van der Waals surface area contributed by atoms with E-state index in [-0.39, 0.29) is 6.09 Å². The van der Waals surface area contributed by atoms with Crippen LogP contribution in [-0.2, 0) is 24.1 Å². The van der Waals surface area contributed by atoms with Crippen LogP contribution in [0.2, 0.25) is 0 Å². The van der Waals surface area contributed by atoms with Gasteiger partial charge in [-0.15, -0.1) is 11.3 Å². The number of ether oxygens (including phenoxy) is 1. The van der Waals surface area contributed by atoms with Crippen molar-refractivity contribution in [3.63, 3.8) is 0 Å². The van der Waals surface area contributed by atoms with Crippen LogP contribution in [0.3, 0.4) is 0 Å². The first-order valence-corrected chi connectivity index (χ1v) is 8.70. The van der Waals surface area contributed by atoms with E-state index in [0.717, 1.165) is 32.5 Å². The summed E-state index contributed by atoms with van der Waals surface area (Å²) >= 11 is 1.86. The second kappa shape index (κ2) is 6.75. The molecule has 1 aromatic rings. The van der Waals surface area contributed by atoms with Gasteiger partial charge in [0.25, 0.3) is 0 Å². The van der Waals surface area contributed by atoms with Gasteiger partial charge in [-0.2, -0.15) is 0 Å². The number of aromatic nitrogens is 1. The molecular formula is C15H23N3O2S. The number of nitrogens with one attached hydrogen (secondary N) is 1. The van der Waals surface area contributed by atoms with E-state index < -0.39 is 0 Å². The number of hydrogen-bond acceptors (Lipinski definition) is 5. The zero-order valence-corrected chi connectivity index (χ0v) is 13.4. The van der Waals surface area contributed by atoms with Gasteiger partial charge in [0.15, 0.2) is 0 Å². The Labute approximate surface area is 129 Å². The van der Waals surface area contributed by atoms with E-state index in [1.165, 1.54) is 34.8 Å². The topological polar surface area (TPSA) is 54.5 Å². The van der Waals surface area contributed by atoms with Gasteiger partial charge in [-0.25, -0.2) is 9.78 Å². The summed E-state index contributed by atoms with van der Waals surface area (Å²) in [6.45, 7) is 4.62. The number of carbonyl (C=O) groups is 1. The van der Waals surface area contributed by atoms with Gasteiger partial charge in [0, 0.05) is 30.6 Å². The van der Waals surface area contributed by atoms with Gasteiger partial charge in [-0.05, 0) is 39.0 Å². The number of amides is 1.